The maximum absolute atomic E-state index is 14.3. The molecule has 8 nitrogen and oxygen atoms in total. The van der Waals surface area contributed by atoms with Gasteiger partial charge < -0.3 is 25.2 Å². The third kappa shape index (κ3) is 6.05. The third-order valence-corrected chi connectivity index (χ3v) is 11.0. The van der Waals surface area contributed by atoms with E-state index in [4.69, 9.17) is 16.3 Å². The van der Waals surface area contributed by atoms with Crippen molar-refractivity contribution >= 4 is 35.0 Å². The van der Waals surface area contributed by atoms with Crippen molar-refractivity contribution in [3.05, 3.63) is 76.8 Å². The first kappa shape index (κ1) is 31.8. The van der Waals surface area contributed by atoms with Crippen molar-refractivity contribution in [2.45, 2.75) is 76.8 Å². The number of ether oxygens (including phenoxy) is 1. The summed E-state index contributed by atoms with van der Waals surface area (Å²) < 4.78 is 6.54. The van der Waals surface area contributed by atoms with Gasteiger partial charge in [0.1, 0.15) is 11.6 Å². The Balaban J connectivity index is 1.23. The molecule has 2 saturated heterocycles. The fraction of sp³-hybridized carbons (Fsp3) is 0.528. The minimum absolute atomic E-state index is 0.0404. The van der Waals surface area contributed by atoms with E-state index in [1.165, 1.54) is 5.56 Å². The third-order valence-electron chi connectivity index (χ3n) is 10.6. The quantitative estimate of drug-likeness (QED) is 0.352. The Morgan fingerprint density at radius 3 is 2.64 bits per heavy atom. The number of anilines is 1. The van der Waals surface area contributed by atoms with E-state index in [0.29, 0.717) is 35.5 Å². The van der Waals surface area contributed by atoms with Crippen LogP contribution in [-0.4, -0.2) is 71.4 Å². The molecule has 0 aromatic heterocycles. The molecule has 1 saturated carbocycles. The molecule has 0 radical (unpaired) electrons. The molecule has 4 aliphatic rings. The summed E-state index contributed by atoms with van der Waals surface area (Å²) in [6.45, 7) is 8.28. The van der Waals surface area contributed by atoms with Crippen LogP contribution in [0.25, 0.3) is 0 Å². The van der Waals surface area contributed by atoms with Crippen LogP contribution in [-0.2, 0) is 25.7 Å². The fourth-order valence-corrected chi connectivity index (χ4v) is 8.12. The monoisotopic (exact) mass is 632 g/mol. The fourth-order valence-electron chi connectivity index (χ4n) is 7.94. The van der Waals surface area contributed by atoms with Crippen LogP contribution >= 0.6 is 11.6 Å². The Morgan fingerprint density at radius 1 is 1.11 bits per heavy atom. The van der Waals surface area contributed by atoms with Crippen molar-refractivity contribution in [1.29, 1.82) is 0 Å². The second-order valence-electron chi connectivity index (χ2n) is 13.6. The van der Waals surface area contributed by atoms with Gasteiger partial charge in [-0.2, -0.15) is 0 Å². The average Bonchev–Trinajstić information content (AvgIpc) is 3.65. The molecule has 45 heavy (non-hydrogen) atoms. The van der Waals surface area contributed by atoms with Gasteiger partial charge in [-0.3, -0.25) is 14.4 Å². The number of hydrogen-bond donors (Lipinski definition) is 2. The molecule has 0 unspecified atom stereocenters. The zero-order valence-corrected chi connectivity index (χ0v) is 27.4. The molecule has 2 aromatic rings. The number of hydrogen-bond acceptors (Lipinski definition) is 5. The minimum atomic E-state index is -1.18. The highest BCUT2D eigenvalue weighted by Crippen LogP contribution is 2.55. The van der Waals surface area contributed by atoms with E-state index in [2.05, 4.69) is 48.6 Å². The number of likely N-dealkylation sites (tertiary alicyclic amines) is 1. The second kappa shape index (κ2) is 12.9. The lowest BCUT2D eigenvalue weighted by Gasteiger charge is -2.38. The van der Waals surface area contributed by atoms with Gasteiger partial charge in [0.2, 0.25) is 17.7 Å². The number of amides is 3. The summed E-state index contributed by atoms with van der Waals surface area (Å²) in [6.07, 6.45) is 6.98. The molecule has 6 rings (SSSR count). The predicted octanol–water partition coefficient (Wildman–Crippen LogP) is 5.20. The highest BCUT2D eigenvalue weighted by Gasteiger charge is 2.72. The molecule has 2 aromatic carbocycles. The number of nitrogens with one attached hydrogen (secondary N) is 2. The van der Waals surface area contributed by atoms with E-state index >= 15 is 0 Å². The summed E-state index contributed by atoms with van der Waals surface area (Å²) >= 11 is 6.32. The number of benzene rings is 2. The molecule has 3 aliphatic heterocycles. The van der Waals surface area contributed by atoms with E-state index < -0.39 is 29.6 Å². The van der Waals surface area contributed by atoms with E-state index in [9.17, 15) is 14.4 Å². The molecule has 1 aliphatic carbocycles. The molecule has 3 heterocycles. The van der Waals surface area contributed by atoms with Gasteiger partial charge in [-0.1, -0.05) is 86.8 Å². The van der Waals surface area contributed by atoms with Crippen LogP contribution < -0.4 is 10.6 Å². The van der Waals surface area contributed by atoms with Gasteiger partial charge in [-0.05, 0) is 68.5 Å². The minimum Gasteiger partial charge on any atom is -0.359 e. The first-order valence-electron chi connectivity index (χ1n) is 16.4. The van der Waals surface area contributed by atoms with Crippen molar-refractivity contribution in [3.63, 3.8) is 0 Å². The highest BCUT2D eigenvalue weighted by molar-refractivity contribution is 6.31. The van der Waals surface area contributed by atoms with E-state index in [-0.39, 0.29) is 23.8 Å². The van der Waals surface area contributed by atoms with Crippen LogP contribution in [0.15, 0.2) is 60.7 Å². The molecular formula is C36H45ClN4O4. The Bertz CT molecular complexity index is 1470. The number of rotatable bonds is 10. The smallest absolute Gasteiger partial charge is 0.246 e. The molecule has 1 spiro atoms. The second-order valence-corrected chi connectivity index (χ2v) is 14.1. The van der Waals surface area contributed by atoms with Gasteiger partial charge in [0, 0.05) is 29.8 Å². The van der Waals surface area contributed by atoms with Crippen LogP contribution in [0.5, 0.6) is 0 Å². The zero-order valence-electron chi connectivity index (χ0n) is 26.7. The summed E-state index contributed by atoms with van der Waals surface area (Å²) in [5.74, 6) is -1.37. The van der Waals surface area contributed by atoms with Gasteiger partial charge >= 0.3 is 0 Å². The van der Waals surface area contributed by atoms with Crippen LogP contribution in [0, 0.1) is 30.6 Å². The first-order chi connectivity index (χ1) is 21.6. The van der Waals surface area contributed by atoms with Crippen molar-refractivity contribution in [3.8, 4) is 0 Å². The molecule has 3 amide bonds. The average molecular weight is 633 g/mol. The lowest BCUT2D eigenvalue weighted by atomic mass is 9.73. The zero-order chi connectivity index (χ0) is 31.9. The SMILES string of the molecule is Cc1ccc(NC(=O)[C@H]2[C@H]3C=C[C@@]4(O3)[C@H]2C(=O)N(CCCN(C)Cc2ccccc2)[C@@H]4C(=O)N[C@@H]2CCC[C@@H](C)[C@@H]2C)cc1Cl. The van der Waals surface area contributed by atoms with Crippen molar-refractivity contribution < 1.29 is 19.1 Å². The normalized spacial score (nSPS) is 31.8. The summed E-state index contributed by atoms with van der Waals surface area (Å²) in [6, 6.07) is 14.8. The van der Waals surface area contributed by atoms with Gasteiger partial charge in [0.25, 0.3) is 0 Å². The Kier molecular flexibility index (Phi) is 9.10. The maximum atomic E-state index is 14.3. The number of aryl methyl sites for hydroxylation is 1. The lowest BCUT2D eigenvalue weighted by molar-refractivity contribution is -0.141. The van der Waals surface area contributed by atoms with Crippen molar-refractivity contribution in [1.82, 2.24) is 15.1 Å². The van der Waals surface area contributed by atoms with Crippen LogP contribution in [0.2, 0.25) is 5.02 Å². The molecule has 8 atom stereocenters. The molecular weight excluding hydrogens is 588 g/mol. The predicted molar refractivity (Wildman–Crippen MR) is 176 cm³/mol. The standard InChI is InChI=1S/C36H45ClN4O4/c1-22-10-8-13-28(24(22)3)39-34(43)32-36-17-16-29(45-36)30(33(42)38-26-15-14-23(2)27(37)20-26)31(36)35(44)41(32)19-9-18-40(4)21-25-11-6-5-7-12-25/h5-7,11-12,14-17,20,22,24,28-32H,8-10,13,18-19,21H2,1-4H3,(H,38,42)(H,39,43)/t22-,24+,28-,29-,30+,31-,32-,36-/m1/s1. The topological polar surface area (TPSA) is 91.0 Å². The molecule has 3 fully saturated rings. The molecule has 2 bridgehead atoms. The summed E-state index contributed by atoms with van der Waals surface area (Å²) in [5, 5.41) is 6.86. The summed E-state index contributed by atoms with van der Waals surface area (Å²) in [4.78, 5) is 46.3. The van der Waals surface area contributed by atoms with Crippen molar-refractivity contribution in [2.75, 3.05) is 25.5 Å². The Morgan fingerprint density at radius 2 is 1.89 bits per heavy atom. The number of nitrogens with zero attached hydrogens (tertiary/aromatic N) is 2. The van der Waals surface area contributed by atoms with Crippen molar-refractivity contribution in [2.24, 2.45) is 23.7 Å². The van der Waals surface area contributed by atoms with Crippen LogP contribution in [0.4, 0.5) is 5.69 Å². The lowest BCUT2D eigenvalue weighted by Crippen LogP contribution is -2.58. The van der Waals surface area contributed by atoms with Gasteiger partial charge in [-0.15, -0.1) is 0 Å². The number of halogens is 1. The van der Waals surface area contributed by atoms with Crippen LogP contribution in [0.1, 0.15) is 50.7 Å². The maximum Gasteiger partial charge on any atom is 0.246 e. The Labute approximate surface area is 271 Å². The van der Waals surface area contributed by atoms with Gasteiger partial charge in [0.05, 0.1) is 17.9 Å². The first-order valence-corrected chi connectivity index (χ1v) is 16.7. The number of fused-ring (bicyclic) bond motifs is 1. The number of carbonyl (C=O) groups excluding carboxylic acids is 3. The Hall–Kier alpha value is -3.20. The molecule has 2 N–H and O–H groups in total. The summed E-state index contributed by atoms with van der Waals surface area (Å²) in [5.41, 5.74) is 1.51. The van der Waals surface area contributed by atoms with E-state index in [1.54, 1.807) is 17.0 Å². The van der Waals surface area contributed by atoms with Gasteiger partial charge in [0.15, 0.2) is 0 Å². The largest absolute Gasteiger partial charge is 0.359 e. The molecule has 240 valence electrons. The van der Waals surface area contributed by atoms with E-state index in [0.717, 1.165) is 37.9 Å². The highest BCUT2D eigenvalue weighted by atomic mass is 35.5. The van der Waals surface area contributed by atoms with E-state index in [1.807, 2.05) is 43.3 Å². The molecule has 9 heteroatoms. The van der Waals surface area contributed by atoms with Crippen LogP contribution in [0.3, 0.4) is 0 Å². The summed E-state index contributed by atoms with van der Waals surface area (Å²) in [7, 11) is 2.06. The number of carbonyl (C=O) groups is 3. The van der Waals surface area contributed by atoms with Gasteiger partial charge in [-0.25, -0.2) is 0 Å².